The minimum atomic E-state index is -0.361. The molecule has 19 heavy (non-hydrogen) atoms. The summed E-state index contributed by atoms with van der Waals surface area (Å²) in [5.74, 6) is 0.319. The summed E-state index contributed by atoms with van der Waals surface area (Å²) < 4.78 is 5.40. The van der Waals surface area contributed by atoms with Gasteiger partial charge in [-0.2, -0.15) is 0 Å². The first-order valence-corrected chi connectivity index (χ1v) is 6.62. The number of hydrogen-bond acceptors (Lipinski definition) is 4. The van der Waals surface area contributed by atoms with Crippen molar-refractivity contribution in [3.63, 3.8) is 0 Å². The molecule has 0 aliphatic carbocycles. The third-order valence-electron chi connectivity index (χ3n) is 2.59. The summed E-state index contributed by atoms with van der Waals surface area (Å²) in [6, 6.07) is 3.35. The molecule has 0 aliphatic heterocycles. The first-order valence-electron chi connectivity index (χ1n) is 6.62. The molecule has 1 atom stereocenters. The lowest BCUT2D eigenvalue weighted by Crippen LogP contribution is -2.27. The van der Waals surface area contributed by atoms with Crippen LogP contribution < -0.4 is 10.1 Å². The predicted molar refractivity (Wildman–Crippen MR) is 73.2 cm³/mol. The number of aliphatic hydroxyl groups excluding tert-OH is 1. The van der Waals surface area contributed by atoms with E-state index in [9.17, 15) is 9.90 Å². The van der Waals surface area contributed by atoms with Gasteiger partial charge in [0.05, 0.1) is 17.8 Å². The molecule has 0 spiro atoms. The Morgan fingerprint density at radius 2 is 2.21 bits per heavy atom. The number of carbonyl (C=O) groups excluding carboxylic acids is 1. The van der Waals surface area contributed by atoms with E-state index in [4.69, 9.17) is 4.74 Å². The van der Waals surface area contributed by atoms with Gasteiger partial charge in [0.2, 0.25) is 5.88 Å². The lowest BCUT2D eigenvalue weighted by atomic mass is 10.2. The van der Waals surface area contributed by atoms with Crippen LogP contribution in [0.5, 0.6) is 5.88 Å². The highest BCUT2D eigenvalue weighted by molar-refractivity contribution is 5.93. The Hall–Kier alpha value is -1.62. The van der Waals surface area contributed by atoms with E-state index in [0.29, 0.717) is 30.8 Å². The smallest absolute Gasteiger partial charge is 0.252 e. The van der Waals surface area contributed by atoms with Crippen LogP contribution in [0.1, 0.15) is 44.0 Å². The molecule has 0 fully saturated rings. The van der Waals surface area contributed by atoms with Crippen LogP contribution in [0.2, 0.25) is 0 Å². The van der Waals surface area contributed by atoms with Crippen LogP contribution in [-0.4, -0.2) is 34.8 Å². The number of amides is 1. The zero-order chi connectivity index (χ0) is 14.3. The second kappa shape index (κ2) is 7.74. The number of ether oxygens (including phenoxy) is 1. The quantitative estimate of drug-likeness (QED) is 0.789. The van der Waals surface area contributed by atoms with Crippen LogP contribution in [0.15, 0.2) is 18.3 Å². The summed E-state index contributed by atoms with van der Waals surface area (Å²) in [5, 5.41) is 12.1. The van der Waals surface area contributed by atoms with Crippen molar-refractivity contribution in [1.29, 1.82) is 0 Å². The van der Waals surface area contributed by atoms with Crippen molar-refractivity contribution in [3.05, 3.63) is 23.9 Å². The molecule has 1 unspecified atom stereocenters. The third-order valence-corrected chi connectivity index (χ3v) is 2.59. The molecule has 0 radical (unpaired) electrons. The molecule has 1 aromatic rings. The molecule has 106 valence electrons. The zero-order valence-electron chi connectivity index (χ0n) is 11.7. The molecule has 5 nitrogen and oxygen atoms in total. The Morgan fingerprint density at radius 3 is 2.74 bits per heavy atom. The molecular weight excluding hydrogens is 244 g/mol. The van der Waals surface area contributed by atoms with Gasteiger partial charge >= 0.3 is 0 Å². The Bertz CT molecular complexity index is 390. The fraction of sp³-hybridized carbons (Fsp3) is 0.571. The maximum atomic E-state index is 11.8. The van der Waals surface area contributed by atoms with Crippen molar-refractivity contribution < 1.29 is 14.6 Å². The number of aliphatic hydroxyl groups is 1. The van der Waals surface area contributed by atoms with Crippen LogP contribution >= 0.6 is 0 Å². The Balaban J connectivity index is 2.44. The van der Waals surface area contributed by atoms with Gasteiger partial charge in [-0.15, -0.1) is 0 Å². The minimum absolute atomic E-state index is 0.0581. The maximum Gasteiger partial charge on any atom is 0.252 e. The average molecular weight is 266 g/mol. The zero-order valence-corrected chi connectivity index (χ0v) is 11.7. The summed E-state index contributed by atoms with van der Waals surface area (Å²) in [4.78, 5) is 15.8. The number of pyridine rings is 1. The molecule has 0 bridgehead atoms. The van der Waals surface area contributed by atoms with Crippen molar-refractivity contribution in [2.45, 2.75) is 45.8 Å². The summed E-state index contributed by atoms with van der Waals surface area (Å²) in [5.41, 5.74) is 0.488. The van der Waals surface area contributed by atoms with E-state index in [1.807, 2.05) is 20.8 Å². The van der Waals surface area contributed by atoms with E-state index in [-0.39, 0.29) is 18.1 Å². The normalized spacial score (nSPS) is 12.3. The molecule has 1 amide bonds. The summed E-state index contributed by atoms with van der Waals surface area (Å²) in [6.07, 6.45) is 2.44. The van der Waals surface area contributed by atoms with Crippen LogP contribution in [0, 0.1) is 0 Å². The predicted octanol–water partition coefficient (Wildman–Crippen LogP) is 1.76. The fourth-order valence-corrected chi connectivity index (χ4v) is 1.48. The van der Waals surface area contributed by atoms with Gasteiger partial charge in [0.15, 0.2) is 0 Å². The van der Waals surface area contributed by atoms with Gasteiger partial charge in [0.1, 0.15) is 0 Å². The molecule has 0 aromatic carbocycles. The van der Waals surface area contributed by atoms with Crippen LogP contribution in [0.4, 0.5) is 0 Å². The largest absolute Gasteiger partial charge is 0.475 e. The first kappa shape index (κ1) is 15.4. The van der Waals surface area contributed by atoms with Crippen LogP contribution in [0.3, 0.4) is 0 Å². The molecule has 0 saturated carbocycles. The Morgan fingerprint density at radius 1 is 1.47 bits per heavy atom. The topological polar surface area (TPSA) is 71.5 Å². The highest BCUT2D eigenvalue weighted by Gasteiger charge is 2.08. The van der Waals surface area contributed by atoms with Crippen molar-refractivity contribution in [3.8, 4) is 5.88 Å². The van der Waals surface area contributed by atoms with Gasteiger partial charge in [0, 0.05) is 18.8 Å². The standard InChI is InChI=1S/C14H22N2O3/c1-4-12(17)7-8-15-14(18)11-5-6-13(16-9-11)19-10(2)3/h5-6,9-10,12,17H,4,7-8H2,1-3H3,(H,15,18). The average Bonchev–Trinajstić information content (AvgIpc) is 2.38. The molecular formula is C14H22N2O3. The highest BCUT2D eigenvalue weighted by atomic mass is 16.5. The number of rotatable bonds is 7. The van der Waals surface area contributed by atoms with E-state index >= 15 is 0 Å². The molecule has 0 aliphatic rings. The summed E-state index contributed by atoms with van der Waals surface area (Å²) in [6.45, 7) is 6.20. The van der Waals surface area contributed by atoms with E-state index in [0.717, 1.165) is 0 Å². The minimum Gasteiger partial charge on any atom is -0.475 e. The molecule has 2 N–H and O–H groups in total. The van der Waals surface area contributed by atoms with Gasteiger partial charge in [-0.05, 0) is 32.8 Å². The Labute approximate surface area is 114 Å². The third kappa shape index (κ3) is 5.70. The van der Waals surface area contributed by atoms with Crippen molar-refractivity contribution >= 4 is 5.91 Å². The molecule has 5 heteroatoms. The SMILES string of the molecule is CCC(O)CCNC(=O)c1ccc(OC(C)C)nc1. The van der Waals surface area contributed by atoms with Gasteiger partial charge in [-0.1, -0.05) is 6.92 Å². The van der Waals surface area contributed by atoms with E-state index < -0.39 is 0 Å². The van der Waals surface area contributed by atoms with Gasteiger partial charge < -0.3 is 15.2 Å². The number of aromatic nitrogens is 1. The van der Waals surface area contributed by atoms with E-state index in [1.165, 1.54) is 6.20 Å². The monoisotopic (exact) mass is 266 g/mol. The maximum absolute atomic E-state index is 11.8. The number of carbonyl (C=O) groups is 1. The van der Waals surface area contributed by atoms with Crippen LogP contribution in [0.25, 0.3) is 0 Å². The summed E-state index contributed by atoms with van der Waals surface area (Å²) >= 11 is 0. The lowest BCUT2D eigenvalue weighted by molar-refractivity contribution is 0.0941. The molecule has 1 aromatic heterocycles. The molecule has 1 rings (SSSR count). The van der Waals surface area contributed by atoms with E-state index in [2.05, 4.69) is 10.3 Å². The van der Waals surface area contributed by atoms with Crippen molar-refractivity contribution in [2.75, 3.05) is 6.54 Å². The number of hydrogen-bond donors (Lipinski definition) is 2. The fourth-order valence-electron chi connectivity index (χ4n) is 1.48. The van der Waals surface area contributed by atoms with Crippen molar-refractivity contribution in [2.24, 2.45) is 0 Å². The second-order valence-electron chi connectivity index (χ2n) is 4.66. The number of nitrogens with one attached hydrogen (secondary N) is 1. The summed E-state index contributed by atoms with van der Waals surface area (Å²) in [7, 11) is 0. The van der Waals surface area contributed by atoms with Crippen LogP contribution in [-0.2, 0) is 0 Å². The lowest BCUT2D eigenvalue weighted by Gasteiger charge is -2.10. The number of nitrogens with zero attached hydrogens (tertiary/aromatic N) is 1. The van der Waals surface area contributed by atoms with E-state index in [1.54, 1.807) is 12.1 Å². The molecule has 1 heterocycles. The highest BCUT2D eigenvalue weighted by Crippen LogP contribution is 2.09. The van der Waals surface area contributed by atoms with Gasteiger partial charge in [0.25, 0.3) is 5.91 Å². The van der Waals surface area contributed by atoms with Crippen molar-refractivity contribution in [1.82, 2.24) is 10.3 Å². The second-order valence-corrected chi connectivity index (χ2v) is 4.66. The van der Waals surface area contributed by atoms with Gasteiger partial charge in [-0.3, -0.25) is 4.79 Å². The molecule has 0 saturated heterocycles. The Kier molecular flexibility index (Phi) is 6.29. The first-order chi connectivity index (χ1) is 9.02. The van der Waals surface area contributed by atoms with Gasteiger partial charge in [-0.25, -0.2) is 4.98 Å².